The second kappa shape index (κ2) is 6.02. The lowest BCUT2D eigenvalue weighted by molar-refractivity contribution is -0.127. The summed E-state index contributed by atoms with van der Waals surface area (Å²) in [7, 11) is 0. The van der Waals surface area contributed by atoms with Crippen molar-refractivity contribution < 1.29 is 9.32 Å². The molecule has 1 heterocycles. The first-order valence-electron chi connectivity index (χ1n) is 8.58. The molecule has 1 amide bonds. The maximum Gasteiger partial charge on any atom is 0.257 e. The molecular formula is C18H22N4O2. The van der Waals surface area contributed by atoms with Gasteiger partial charge >= 0.3 is 0 Å². The second-order valence-corrected chi connectivity index (χ2v) is 6.99. The minimum Gasteiger partial charge on any atom is -0.346 e. The zero-order valence-corrected chi connectivity index (χ0v) is 13.7. The van der Waals surface area contributed by atoms with E-state index in [0.717, 1.165) is 24.8 Å². The number of rotatable bonds is 4. The molecule has 0 spiro atoms. The highest BCUT2D eigenvalue weighted by molar-refractivity contribution is 5.80. The van der Waals surface area contributed by atoms with Crippen LogP contribution in [0.2, 0.25) is 0 Å². The van der Waals surface area contributed by atoms with Crippen molar-refractivity contribution in [2.75, 3.05) is 0 Å². The Hall–Kier alpha value is -2.21. The lowest BCUT2D eigenvalue weighted by Gasteiger charge is -2.27. The summed E-state index contributed by atoms with van der Waals surface area (Å²) >= 11 is 0. The first kappa shape index (κ1) is 15.3. The van der Waals surface area contributed by atoms with E-state index in [0.29, 0.717) is 23.6 Å². The molecule has 2 aliphatic rings. The van der Waals surface area contributed by atoms with Crippen molar-refractivity contribution in [3.63, 3.8) is 0 Å². The molecule has 0 radical (unpaired) electrons. The van der Waals surface area contributed by atoms with Gasteiger partial charge in [0.05, 0.1) is 12.0 Å². The van der Waals surface area contributed by atoms with E-state index in [4.69, 9.17) is 10.3 Å². The van der Waals surface area contributed by atoms with Crippen molar-refractivity contribution in [1.29, 1.82) is 0 Å². The van der Waals surface area contributed by atoms with E-state index in [1.807, 2.05) is 37.3 Å². The van der Waals surface area contributed by atoms with Crippen LogP contribution in [-0.4, -0.2) is 22.1 Å². The molecule has 126 valence electrons. The predicted octanol–water partition coefficient (Wildman–Crippen LogP) is 2.29. The van der Waals surface area contributed by atoms with Crippen LogP contribution in [0, 0.1) is 17.8 Å². The molecule has 24 heavy (non-hydrogen) atoms. The summed E-state index contributed by atoms with van der Waals surface area (Å²) in [5.41, 5.74) is 7.11. The van der Waals surface area contributed by atoms with Gasteiger partial charge in [-0.3, -0.25) is 4.79 Å². The zero-order chi connectivity index (χ0) is 16.7. The largest absolute Gasteiger partial charge is 0.346 e. The normalized spacial score (nSPS) is 29.6. The summed E-state index contributed by atoms with van der Waals surface area (Å²) in [4.78, 5) is 17.0. The predicted molar refractivity (Wildman–Crippen MR) is 88.6 cm³/mol. The number of hydrogen-bond acceptors (Lipinski definition) is 5. The molecular weight excluding hydrogens is 304 g/mol. The summed E-state index contributed by atoms with van der Waals surface area (Å²) in [6, 6.07) is 9.28. The topological polar surface area (TPSA) is 94.0 Å². The molecule has 2 fully saturated rings. The monoisotopic (exact) mass is 326 g/mol. The fourth-order valence-corrected chi connectivity index (χ4v) is 4.21. The van der Waals surface area contributed by atoms with Gasteiger partial charge in [0.25, 0.3) is 5.89 Å². The third kappa shape index (κ3) is 2.60. The van der Waals surface area contributed by atoms with Gasteiger partial charge in [-0.2, -0.15) is 4.98 Å². The van der Waals surface area contributed by atoms with E-state index in [-0.39, 0.29) is 23.9 Å². The number of aromatic nitrogens is 2. The molecule has 4 rings (SSSR count). The van der Waals surface area contributed by atoms with Crippen LogP contribution in [0.3, 0.4) is 0 Å². The lowest BCUT2D eigenvalue weighted by Crippen LogP contribution is -2.45. The fraction of sp³-hybridized carbons (Fsp3) is 0.500. The van der Waals surface area contributed by atoms with Crippen LogP contribution in [0.5, 0.6) is 0 Å². The van der Waals surface area contributed by atoms with E-state index in [2.05, 4.69) is 15.5 Å². The third-order valence-electron chi connectivity index (χ3n) is 5.49. The Morgan fingerprint density at radius 1 is 1.29 bits per heavy atom. The standard InChI is InChI=1S/C18H22N4O2/c1-10(16-21-18(24-22-16)11-5-3-2-4-6-11)20-17(23)14-12-7-8-13(9-12)15(14)19/h2-6,10,12-15H,7-9,19H2,1H3,(H,20,23). The summed E-state index contributed by atoms with van der Waals surface area (Å²) in [5, 5.41) is 7.02. The van der Waals surface area contributed by atoms with E-state index < -0.39 is 0 Å². The van der Waals surface area contributed by atoms with Crippen LogP contribution < -0.4 is 11.1 Å². The summed E-state index contributed by atoms with van der Waals surface area (Å²) in [6.07, 6.45) is 3.37. The van der Waals surface area contributed by atoms with E-state index >= 15 is 0 Å². The van der Waals surface area contributed by atoms with E-state index in [1.165, 1.54) is 0 Å². The molecule has 2 saturated carbocycles. The maximum atomic E-state index is 12.6. The van der Waals surface area contributed by atoms with Gasteiger partial charge in [0.2, 0.25) is 5.91 Å². The number of carbonyl (C=O) groups excluding carboxylic acids is 1. The lowest BCUT2D eigenvalue weighted by atomic mass is 9.84. The van der Waals surface area contributed by atoms with Crippen LogP contribution in [0.4, 0.5) is 0 Å². The highest BCUT2D eigenvalue weighted by atomic mass is 16.5. The molecule has 2 aliphatic carbocycles. The van der Waals surface area contributed by atoms with Gasteiger partial charge < -0.3 is 15.6 Å². The number of nitrogens with zero attached hydrogens (tertiary/aromatic N) is 2. The van der Waals surface area contributed by atoms with Crippen LogP contribution >= 0.6 is 0 Å². The molecule has 2 bridgehead atoms. The number of nitrogens with one attached hydrogen (secondary N) is 1. The number of amides is 1. The van der Waals surface area contributed by atoms with Gasteiger partial charge in [-0.1, -0.05) is 23.4 Å². The van der Waals surface area contributed by atoms with E-state index in [1.54, 1.807) is 0 Å². The number of nitrogens with two attached hydrogens (primary N) is 1. The third-order valence-corrected chi connectivity index (χ3v) is 5.49. The summed E-state index contributed by atoms with van der Waals surface area (Å²) in [5.74, 6) is 1.83. The highest BCUT2D eigenvalue weighted by Crippen LogP contribution is 2.47. The second-order valence-electron chi connectivity index (χ2n) is 6.99. The van der Waals surface area contributed by atoms with Crippen molar-refractivity contribution >= 4 is 5.91 Å². The molecule has 0 aliphatic heterocycles. The zero-order valence-electron chi connectivity index (χ0n) is 13.7. The summed E-state index contributed by atoms with van der Waals surface area (Å²) in [6.45, 7) is 1.87. The fourth-order valence-electron chi connectivity index (χ4n) is 4.21. The van der Waals surface area contributed by atoms with Gasteiger partial charge in [0.1, 0.15) is 0 Å². The van der Waals surface area contributed by atoms with Gasteiger partial charge in [0.15, 0.2) is 5.82 Å². The van der Waals surface area contributed by atoms with Crippen molar-refractivity contribution in [3.8, 4) is 11.5 Å². The van der Waals surface area contributed by atoms with Crippen LogP contribution in [0.15, 0.2) is 34.9 Å². The van der Waals surface area contributed by atoms with Crippen LogP contribution in [-0.2, 0) is 4.79 Å². The molecule has 5 atom stereocenters. The quantitative estimate of drug-likeness (QED) is 0.899. The molecule has 2 aromatic rings. The minimum absolute atomic E-state index is 0.0129. The van der Waals surface area contributed by atoms with Crippen LogP contribution in [0.25, 0.3) is 11.5 Å². The molecule has 0 saturated heterocycles. The van der Waals surface area contributed by atoms with Gasteiger partial charge in [-0.15, -0.1) is 0 Å². The SMILES string of the molecule is CC(NC(=O)C1C2CCC(C2)C1N)c1noc(-c2ccccc2)n1. The Bertz CT molecular complexity index is 728. The van der Waals surface area contributed by atoms with Crippen molar-refractivity contribution in [3.05, 3.63) is 36.2 Å². The molecule has 6 heteroatoms. The Morgan fingerprint density at radius 2 is 2.04 bits per heavy atom. The van der Waals surface area contributed by atoms with Crippen molar-refractivity contribution in [2.45, 2.75) is 38.3 Å². The smallest absolute Gasteiger partial charge is 0.257 e. The van der Waals surface area contributed by atoms with Crippen molar-refractivity contribution in [2.24, 2.45) is 23.5 Å². The van der Waals surface area contributed by atoms with Gasteiger partial charge in [-0.25, -0.2) is 0 Å². The van der Waals surface area contributed by atoms with E-state index in [9.17, 15) is 4.79 Å². The number of fused-ring (bicyclic) bond motifs is 2. The molecule has 1 aromatic carbocycles. The van der Waals surface area contributed by atoms with Crippen molar-refractivity contribution in [1.82, 2.24) is 15.5 Å². The number of benzene rings is 1. The number of hydrogen-bond donors (Lipinski definition) is 2. The Labute approximate surface area is 140 Å². The first-order valence-corrected chi connectivity index (χ1v) is 8.58. The average Bonchev–Trinajstić information content (AvgIpc) is 3.31. The molecule has 1 aromatic heterocycles. The molecule has 3 N–H and O–H groups in total. The van der Waals surface area contributed by atoms with Crippen LogP contribution in [0.1, 0.15) is 38.1 Å². The Kier molecular flexibility index (Phi) is 3.84. The maximum absolute atomic E-state index is 12.6. The number of carbonyl (C=O) groups is 1. The highest BCUT2D eigenvalue weighted by Gasteiger charge is 2.49. The average molecular weight is 326 g/mol. The van der Waals surface area contributed by atoms with Gasteiger partial charge in [0, 0.05) is 11.6 Å². The minimum atomic E-state index is -0.301. The Balaban J connectivity index is 1.44. The van der Waals surface area contributed by atoms with Gasteiger partial charge in [-0.05, 0) is 50.2 Å². The molecule has 5 unspecified atom stereocenters. The Morgan fingerprint density at radius 3 is 2.75 bits per heavy atom. The molecule has 6 nitrogen and oxygen atoms in total. The first-order chi connectivity index (χ1) is 11.6. The summed E-state index contributed by atoms with van der Waals surface area (Å²) < 4.78 is 5.31.